The number of nitrogens with zero attached hydrogens (tertiary/aromatic N) is 5. The summed E-state index contributed by atoms with van der Waals surface area (Å²) in [6.45, 7) is 4.12. The van der Waals surface area contributed by atoms with Gasteiger partial charge in [0.25, 0.3) is 0 Å². The molecule has 0 radical (unpaired) electrons. The Morgan fingerprint density at radius 2 is 2.31 bits per heavy atom. The summed E-state index contributed by atoms with van der Waals surface area (Å²) in [5.41, 5.74) is 0.450. The summed E-state index contributed by atoms with van der Waals surface area (Å²) >= 11 is 5.92. The molecule has 0 aromatic carbocycles. The van der Waals surface area contributed by atoms with Crippen molar-refractivity contribution in [1.82, 2.24) is 25.3 Å². The second kappa shape index (κ2) is 4.21. The fraction of sp³-hybridized carbons (Fsp3) is 0.556. The van der Waals surface area contributed by atoms with Gasteiger partial charge in [-0.15, -0.1) is 26.4 Å². The van der Waals surface area contributed by atoms with E-state index < -0.39 is 0 Å². The van der Waals surface area contributed by atoms with Gasteiger partial charge in [0.2, 0.25) is 0 Å². The second-order valence-corrected chi connectivity index (χ2v) is 4.19. The van der Waals surface area contributed by atoms with Gasteiger partial charge in [0.1, 0.15) is 5.82 Å². The highest BCUT2D eigenvalue weighted by molar-refractivity contribution is 6.18. The number of fused-ring (bicyclic) bond motifs is 1. The highest BCUT2D eigenvalue weighted by atomic mass is 35.5. The zero-order valence-corrected chi connectivity index (χ0v) is 9.94. The van der Waals surface area contributed by atoms with Crippen LogP contribution in [0.15, 0.2) is 12.1 Å². The molecule has 0 spiro atoms. The highest BCUT2D eigenvalue weighted by Gasteiger charge is 2.21. The Hall–Kier alpha value is -1.43. The van der Waals surface area contributed by atoms with Crippen LogP contribution in [-0.4, -0.2) is 36.7 Å². The third-order valence-corrected chi connectivity index (χ3v) is 3.16. The number of aromatic nitrogens is 5. The average Bonchev–Trinajstić information content (AvgIpc) is 2.76. The molecule has 1 N–H and O–H groups in total. The minimum absolute atomic E-state index is 0.170. The fourth-order valence-electron chi connectivity index (χ4n) is 1.24. The van der Waals surface area contributed by atoms with Crippen LogP contribution in [0.3, 0.4) is 0 Å². The Balaban J connectivity index is 2.26. The summed E-state index contributed by atoms with van der Waals surface area (Å²) in [5.74, 6) is 1.23. The number of hydrogen-bond donors (Lipinski definition) is 1. The number of rotatable bonds is 4. The van der Waals surface area contributed by atoms with Crippen molar-refractivity contribution in [1.29, 1.82) is 0 Å². The van der Waals surface area contributed by atoms with Crippen molar-refractivity contribution in [2.24, 2.45) is 0 Å². The molecule has 6 nitrogen and oxygen atoms in total. The van der Waals surface area contributed by atoms with Gasteiger partial charge in [0.15, 0.2) is 5.65 Å². The normalized spacial score (nSPS) is 14.9. The molecule has 7 heteroatoms. The molecule has 0 aliphatic rings. The van der Waals surface area contributed by atoms with Gasteiger partial charge in [-0.05, 0) is 35.9 Å². The van der Waals surface area contributed by atoms with E-state index in [9.17, 15) is 0 Å². The zero-order valence-electron chi connectivity index (χ0n) is 9.18. The molecular formula is C9H13ClN6. The summed E-state index contributed by atoms with van der Waals surface area (Å²) in [5, 5.41) is 18.5. The lowest BCUT2D eigenvalue weighted by Gasteiger charge is -2.27. The second-order valence-electron chi connectivity index (χ2n) is 3.92. The van der Waals surface area contributed by atoms with Crippen molar-refractivity contribution in [3.05, 3.63) is 12.1 Å². The van der Waals surface area contributed by atoms with E-state index in [-0.39, 0.29) is 5.54 Å². The van der Waals surface area contributed by atoms with Crippen LogP contribution in [0.25, 0.3) is 5.65 Å². The molecule has 1 unspecified atom stereocenters. The Kier molecular flexibility index (Phi) is 2.91. The summed E-state index contributed by atoms with van der Waals surface area (Å²) in [7, 11) is 0. The van der Waals surface area contributed by atoms with E-state index in [1.165, 1.54) is 4.63 Å². The van der Waals surface area contributed by atoms with E-state index in [0.717, 1.165) is 6.42 Å². The molecular weight excluding hydrogens is 228 g/mol. The number of tetrazole rings is 1. The van der Waals surface area contributed by atoms with Crippen molar-refractivity contribution < 1.29 is 0 Å². The molecule has 1 atom stereocenters. The molecule has 0 amide bonds. The first-order valence-corrected chi connectivity index (χ1v) is 5.60. The first-order chi connectivity index (χ1) is 7.67. The van der Waals surface area contributed by atoms with Crippen molar-refractivity contribution >= 4 is 23.1 Å². The largest absolute Gasteiger partial charge is 0.362 e. The van der Waals surface area contributed by atoms with Crippen LogP contribution in [-0.2, 0) is 0 Å². The standard InChI is InChI=1S/C9H13ClN6/c1-3-9(2,6-10)11-7-4-5-8-12-14-15-16(8)13-7/h4-5H,3,6H2,1-2H3,(H,11,13). The Morgan fingerprint density at radius 3 is 3.00 bits per heavy atom. The predicted molar refractivity (Wildman–Crippen MR) is 61.6 cm³/mol. The van der Waals surface area contributed by atoms with Crippen LogP contribution in [0.5, 0.6) is 0 Å². The number of nitrogens with one attached hydrogen (secondary N) is 1. The Morgan fingerprint density at radius 1 is 1.50 bits per heavy atom. The maximum Gasteiger partial charge on any atom is 0.200 e. The van der Waals surface area contributed by atoms with Gasteiger partial charge in [-0.2, -0.15) is 0 Å². The molecule has 0 saturated carbocycles. The van der Waals surface area contributed by atoms with Gasteiger partial charge in [-0.25, -0.2) is 0 Å². The minimum Gasteiger partial charge on any atom is -0.362 e. The fourth-order valence-corrected chi connectivity index (χ4v) is 1.50. The molecule has 2 aromatic heterocycles. The zero-order chi connectivity index (χ0) is 11.6. The van der Waals surface area contributed by atoms with E-state index in [4.69, 9.17) is 11.6 Å². The lowest BCUT2D eigenvalue weighted by atomic mass is 10.0. The SMILES string of the molecule is CCC(C)(CCl)Nc1ccc2nnnn2n1. The Labute approximate surface area is 98.0 Å². The van der Waals surface area contributed by atoms with Gasteiger partial charge >= 0.3 is 0 Å². The topological polar surface area (TPSA) is 68.0 Å². The summed E-state index contributed by atoms with van der Waals surface area (Å²) in [4.78, 5) is 0. The van der Waals surface area contributed by atoms with E-state index in [0.29, 0.717) is 17.3 Å². The minimum atomic E-state index is -0.170. The van der Waals surface area contributed by atoms with Crippen LogP contribution >= 0.6 is 11.6 Å². The lowest BCUT2D eigenvalue weighted by molar-refractivity contribution is 0.548. The number of alkyl halides is 1. The predicted octanol–water partition coefficient (Wildman–Crippen LogP) is 1.34. The van der Waals surface area contributed by atoms with E-state index in [1.54, 1.807) is 6.07 Å². The van der Waals surface area contributed by atoms with Crippen LogP contribution < -0.4 is 5.32 Å². The van der Waals surface area contributed by atoms with Crippen LogP contribution in [0.1, 0.15) is 20.3 Å². The van der Waals surface area contributed by atoms with Crippen molar-refractivity contribution in [3.63, 3.8) is 0 Å². The number of hydrogen-bond acceptors (Lipinski definition) is 5. The summed E-state index contributed by atoms with van der Waals surface area (Å²) in [6.07, 6.45) is 0.909. The maximum atomic E-state index is 5.92. The molecule has 0 bridgehead atoms. The van der Waals surface area contributed by atoms with Gasteiger partial charge in [0.05, 0.1) is 0 Å². The molecule has 0 aliphatic carbocycles. The van der Waals surface area contributed by atoms with E-state index in [2.05, 4.69) is 32.9 Å². The molecule has 0 fully saturated rings. The quantitative estimate of drug-likeness (QED) is 0.817. The summed E-state index contributed by atoms with van der Waals surface area (Å²) < 4.78 is 1.38. The van der Waals surface area contributed by atoms with E-state index in [1.807, 2.05) is 13.0 Å². The molecule has 0 aliphatic heterocycles. The van der Waals surface area contributed by atoms with Gasteiger partial charge in [-0.3, -0.25) is 0 Å². The van der Waals surface area contributed by atoms with Crippen molar-refractivity contribution in [3.8, 4) is 0 Å². The van der Waals surface area contributed by atoms with Gasteiger partial charge < -0.3 is 5.32 Å². The molecule has 86 valence electrons. The van der Waals surface area contributed by atoms with Crippen molar-refractivity contribution in [2.75, 3.05) is 11.2 Å². The molecule has 2 heterocycles. The van der Waals surface area contributed by atoms with Crippen LogP contribution in [0.2, 0.25) is 0 Å². The molecule has 16 heavy (non-hydrogen) atoms. The van der Waals surface area contributed by atoms with Gasteiger partial charge in [0, 0.05) is 11.4 Å². The number of halogens is 1. The van der Waals surface area contributed by atoms with Gasteiger partial charge in [-0.1, -0.05) is 6.92 Å². The maximum absolute atomic E-state index is 5.92. The molecule has 2 rings (SSSR count). The van der Waals surface area contributed by atoms with Crippen molar-refractivity contribution in [2.45, 2.75) is 25.8 Å². The first-order valence-electron chi connectivity index (χ1n) is 5.06. The van der Waals surface area contributed by atoms with Crippen LogP contribution in [0, 0.1) is 0 Å². The molecule has 2 aromatic rings. The third kappa shape index (κ3) is 2.06. The number of anilines is 1. The third-order valence-electron chi connectivity index (χ3n) is 2.57. The highest BCUT2D eigenvalue weighted by Crippen LogP contribution is 2.18. The smallest absolute Gasteiger partial charge is 0.200 e. The molecule has 0 saturated heterocycles. The summed E-state index contributed by atoms with van der Waals surface area (Å²) in [6, 6.07) is 3.64. The first kappa shape index (κ1) is 11.1. The average molecular weight is 241 g/mol. The van der Waals surface area contributed by atoms with Crippen LogP contribution in [0.4, 0.5) is 5.82 Å². The van der Waals surface area contributed by atoms with E-state index >= 15 is 0 Å². The lowest BCUT2D eigenvalue weighted by Crippen LogP contribution is -2.36. The monoisotopic (exact) mass is 240 g/mol. The Bertz CT molecular complexity index is 478.